The summed E-state index contributed by atoms with van der Waals surface area (Å²) < 4.78 is 41.1. The molecule has 1 amide bonds. The van der Waals surface area contributed by atoms with Gasteiger partial charge in [-0.2, -0.15) is 8.42 Å². The van der Waals surface area contributed by atoms with Crippen molar-refractivity contribution in [3.05, 3.63) is 41.8 Å². The largest absolute Gasteiger partial charge is 0.506 e. The highest BCUT2D eigenvalue weighted by Crippen LogP contribution is 2.38. The molecule has 3 rings (SSSR count). The maximum atomic E-state index is 15.0. The number of rotatable bonds is 6. The Balaban J connectivity index is 2.07. The Morgan fingerprint density at radius 2 is 2.10 bits per heavy atom. The number of carboxylic acid groups (broad SMARTS) is 1. The molecule has 0 aliphatic carbocycles. The third-order valence-electron chi connectivity index (χ3n) is 4.10. The van der Waals surface area contributed by atoms with Crippen molar-refractivity contribution in [3.63, 3.8) is 0 Å². The first-order chi connectivity index (χ1) is 13.6. The van der Waals surface area contributed by atoms with Gasteiger partial charge in [-0.1, -0.05) is 12.1 Å². The molecule has 1 aliphatic heterocycles. The normalized spacial score (nSPS) is 16.0. The lowest BCUT2D eigenvalue weighted by molar-refractivity contribution is -0.135. The number of hydrogen-bond acceptors (Lipinski definition) is 7. The Kier molecular flexibility index (Phi) is 5.12. The molecule has 1 aliphatic rings. The number of allylic oxidation sites excluding steroid dienone is 1. The van der Waals surface area contributed by atoms with E-state index in [9.17, 15) is 23.1 Å². The summed E-state index contributed by atoms with van der Waals surface area (Å²) in [6.07, 6.45) is 2.27. The minimum atomic E-state index is -4.31. The van der Waals surface area contributed by atoms with Crippen molar-refractivity contribution >= 4 is 50.3 Å². The quantitative estimate of drug-likeness (QED) is 0.425. The summed E-state index contributed by atoms with van der Waals surface area (Å²) in [7, 11) is -4.31. The Bertz CT molecular complexity index is 1180. The highest BCUT2D eigenvalue weighted by atomic mass is 32.2. The molecule has 152 valence electrons. The zero-order valence-corrected chi connectivity index (χ0v) is 15.5. The fraction of sp³-hybridized carbons (Fsp3) is 0.118. The molecule has 12 heteroatoms. The third kappa shape index (κ3) is 3.82. The predicted molar refractivity (Wildman–Crippen MR) is 102 cm³/mol. The number of phenolic OH excluding ortho intramolecular Hbond substituents is 1. The number of nitrogens with zero attached hydrogens (tertiary/aromatic N) is 1. The number of hydrogen-bond donors (Lipinski definition) is 5. The molecule has 1 heterocycles. The Morgan fingerprint density at radius 3 is 2.69 bits per heavy atom. The van der Waals surface area contributed by atoms with E-state index in [1.165, 1.54) is 24.4 Å². The Hall–Kier alpha value is -3.67. The van der Waals surface area contributed by atoms with E-state index in [2.05, 4.69) is 5.32 Å². The number of carboxylic acids is 1. The van der Waals surface area contributed by atoms with Gasteiger partial charge >= 0.3 is 16.2 Å². The number of aliphatic carboxylic acids is 1. The zero-order chi connectivity index (χ0) is 21.3. The van der Waals surface area contributed by atoms with Crippen LogP contribution in [0.5, 0.6) is 5.75 Å². The van der Waals surface area contributed by atoms with Crippen LogP contribution in [0.4, 0.5) is 10.1 Å². The highest BCUT2D eigenvalue weighted by molar-refractivity contribution is 7.92. The molecule has 29 heavy (non-hydrogen) atoms. The van der Waals surface area contributed by atoms with Gasteiger partial charge in [-0.05, 0) is 23.1 Å². The molecule has 5 N–H and O–H groups in total. The lowest BCUT2D eigenvalue weighted by Crippen LogP contribution is -2.30. The van der Waals surface area contributed by atoms with E-state index < -0.39 is 45.9 Å². The maximum Gasteiger partial charge on any atom is 0.326 e. The van der Waals surface area contributed by atoms with E-state index in [0.29, 0.717) is 15.4 Å². The van der Waals surface area contributed by atoms with Crippen LogP contribution in [-0.4, -0.2) is 49.8 Å². The number of fused-ring (bicyclic) bond motifs is 1. The van der Waals surface area contributed by atoms with E-state index in [4.69, 9.17) is 10.5 Å². The summed E-state index contributed by atoms with van der Waals surface area (Å²) in [4.78, 5) is 22.0. The smallest absolute Gasteiger partial charge is 0.326 e. The first kappa shape index (κ1) is 20.1. The summed E-state index contributed by atoms with van der Waals surface area (Å²) in [5.41, 5.74) is 0.0890. The molecule has 0 unspecified atom stereocenters. The number of benzene rings is 2. The molecule has 0 spiro atoms. The van der Waals surface area contributed by atoms with Crippen molar-refractivity contribution in [2.24, 2.45) is 0 Å². The second-order valence-corrected chi connectivity index (χ2v) is 7.64. The maximum absolute atomic E-state index is 15.0. The molecule has 0 radical (unpaired) electrons. The van der Waals surface area contributed by atoms with Gasteiger partial charge in [-0.3, -0.25) is 9.59 Å². The summed E-state index contributed by atoms with van der Waals surface area (Å²) in [5, 5.41) is 29.1. The van der Waals surface area contributed by atoms with E-state index in [0.717, 1.165) is 12.3 Å². The molecule has 0 aromatic heterocycles. The summed E-state index contributed by atoms with van der Waals surface area (Å²) in [6, 6.07) is 5.37. The van der Waals surface area contributed by atoms with Crippen molar-refractivity contribution in [2.75, 3.05) is 17.4 Å². The summed E-state index contributed by atoms with van der Waals surface area (Å²) in [5.74, 6) is -3.66. The van der Waals surface area contributed by atoms with Crippen molar-refractivity contribution in [1.29, 1.82) is 5.41 Å². The van der Waals surface area contributed by atoms with Crippen molar-refractivity contribution in [3.8, 4) is 5.75 Å². The van der Waals surface area contributed by atoms with Crippen LogP contribution in [0.3, 0.4) is 0 Å². The van der Waals surface area contributed by atoms with Crippen LogP contribution in [0, 0.1) is 11.2 Å². The van der Waals surface area contributed by atoms with Crippen molar-refractivity contribution < 1.29 is 32.6 Å². The summed E-state index contributed by atoms with van der Waals surface area (Å²) >= 11 is 0. The minimum Gasteiger partial charge on any atom is -0.506 e. The number of nitrogens with one attached hydrogen (secondary N) is 3. The van der Waals surface area contributed by atoms with Gasteiger partial charge in [0.05, 0.1) is 0 Å². The highest BCUT2D eigenvalue weighted by Gasteiger charge is 2.37. The van der Waals surface area contributed by atoms with Gasteiger partial charge < -0.3 is 20.9 Å². The van der Waals surface area contributed by atoms with Crippen LogP contribution in [-0.2, 0) is 19.8 Å². The van der Waals surface area contributed by atoms with Crippen LogP contribution in [0.2, 0.25) is 0 Å². The van der Waals surface area contributed by atoms with E-state index in [1.807, 2.05) is 0 Å². The molecule has 1 fully saturated rings. The van der Waals surface area contributed by atoms with Gasteiger partial charge in [0.1, 0.15) is 24.5 Å². The Labute approximate surface area is 163 Å². The van der Waals surface area contributed by atoms with Crippen LogP contribution < -0.4 is 14.3 Å². The fourth-order valence-corrected chi connectivity index (χ4v) is 4.02. The molecular weight excluding hydrogens is 407 g/mol. The van der Waals surface area contributed by atoms with E-state index >= 15 is 4.39 Å². The average Bonchev–Trinajstić information content (AvgIpc) is 2.90. The van der Waals surface area contributed by atoms with Gasteiger partial charge in [-0.15, -0.1) is 0 Å². The van der Waals surface area contributed by atoms with Gasteiger partial charge in [0.2, 0.25) is 0 Å². The summed E-state index contributed by atoms with van der Waals surface area (Å²) in [6.45, 7) is -1.02. The number of anilines is 1. The van der Waals surface area contributed by atoms with Gasteiger partial charge in [-0.25, -0.2) is 13.4 Å². The topological polar surface area (TPSA) is 160 Å². The lowest BCUT2D eigenvalue weighted by atomic mass is 10.0. The monoisotopic (exact) mass is 422 g/mol. The van der Waals surface area contributed by atoms with E-state index in [1.54, 1.807) is 4.72 Å². The average molecular weight is 422 g/mol. The van der Waals surface area contributed by atoms with Crippen LogP contribution in [0.25, 0.3) is 16.3 Å². The molecular formula is C17H15FN4O6S. The van der Waals surface area contributed by atoms with E-state index in [-0.39, 0.29) is 17.3 Å². The van der Waals surface area contributed by atoms with Crippen molar-refractivity contribution in [2.45, 2.75) is 0 Å². The number of carbonyl (C=O) groups excluding carboxylic acids is 1. The van der Waals surface area contributed by atoms with Crippen molar-refractivity contribution in [1.82, 2.24) is 10.0 Å². The number of amides is 1. The number of phenols is 1. The number of carbonyl (C=O) groups is 2. The third-order valence-corrected chi connectivity index (χ3v) is 5.48. The molecule has 0 bridgehead atoms. The molecule has 0 saturated carbocycles. The first-order valence-electron chi connectivity index (χ1n) is 8.09. The minimum absolute atomic E-state index is 0.0149. The second kappa shape index (κ2) is 7.39. The van der Waals surface area contributed by atoms with Gasteiger partial charge in [0.15, 0.2) is 5.82 Å². The van der Waals surface area contributed by atoms with Crippen LogP contribution >= 0.6 is 0 Å². The SMILES string of the molecule is N=C/C(=C\NCC(=O)O)c1ccc2c(F)c(N3CC(=O)NS3(=O)=O)c(O)cc2c1. The molecule has 1 saturated heterocycles. The zero-order valence-electron chi connectivity index (χ0n) is 14.6. The molecule has 10 nitrogen and oxygen atoms in total. The molecule has 2 aromatic rings. The number of aromatic hydroxyl groups is 1. The molecule has 2 aromatic carbocycles. The van der Waals surface area contributed by atoms with Crippen LogP contribution in [0.15, 0.2) is 30.5 Å². The fourth-order valence-electron chi connectivity index (χ4n) is 2.86. The Morgan fingerprint density at radius 1 is 1.38 bits per heavy atom. The second-order valence-electron chi connectivity index (χ2n) is 6.05. The van der Waals surface area contributed by atoms with Gasteiger partial charge in [0, 0.05) is 23.4 Å². The predicted octanol–water partition coefficient (Wildman–Crippen LogP) is 0.530. The number of halogens is 1. The molecule has 0 atom stereocenters. The van der Waals surface area contributed by atoms with Crippen LogP contribution in [0.1, 0.15) is 5.56 Å². The first-order valence-corrected chi connectivity index (χ1v) is 9.53. The lowest BCUT2D eigenvalue weighted by Gasteiger charge is -2.18. The van der Waals surface area contributed by atoms with Gasteiger partial charge in [0.25, 0.3) is 5.91 Å². The standard InChI is InChI=1S/C17H15FN4O6S/c18-16-12-2-1-9(11(5-19)6-20-7-15(25)26)3-10(12)4-13(23)17(16)22-8-14(24)21-29(22,27)28/h1-6,19-20,23H,7-8H2,(H,21,24)(H,25,26)/b11-6+,19-5?.